The van der Waals surface area contributed by atoms with Gasteiger partial charge in [0.05, 0.1) is 23.3 Å². The van der Waals surface area contributed by atoms with Gasteiger partial charge in [0.2, 0.25) is 5.91 Å². The van der Waals surface area contributed by atoms with Crippen LogP contribution < -0.4 is 0 Å². The van der Waals surface area contributed by atoms with Gasteiger partial charge in [-0.1, -0.05) is 48.5 Å². The average molecular weight is 423 g/mol. The first-order chi connectivity index (χ1) is 13.7. The third-order valence-electron chi connectivity index (χ3n) is 5.75. The summed E-state index contributed by atoms with van der Waals surface area (Å²) >= 11 is 0. The van der Waals surface area contributed by atoms with E-state index in [1.54, 1.807) is 0 Å². The number of sulfone groups is 1. The van der Waals surface area contributed by atoms with E-state index in [1.807, 2.05) is 48.5 Å². The van der Waals surface area contributed by atoms with Gasteiger partial charge in [0.15, 0.2) is 9.84 Å². The first-order valence-corrected chi connectivity index (χ1v) is 11.2. The van der Waals surface area contributed by atoms with Crippen LogP contribution in [0.4, 0.5) is 13.2 Å². The van der Waals surface area contributed by atoms with Gasteiger partial charge in [0.1, 0.15) is 0 Å². The van der Waals surface area contributed by atoms with Crippen molar-refractivity contribution in [1.29, 1.82) is 0 Å². The molecule has 0 aromatic heterocycles. The molecule has 2 aromatic rings. The van der Waals surface area contributed by atoms with Crippen molar-refractivity contribution in [3.63, 3.8) is 0 Å². The molecule has 0 bridgehead atoms. The summed E-state index contributed by atoms with van der Waals surface area (Å²) in [7, 11) is -3.87. The van der Waals surface area contributed by atoms with Crippen molar-refractivity contribution in [2.75, 3.05) is 24.6 Å². The zero-order chi connectivity index (χ0) is 20.8. The van der Waals surface area contributed by atoms with Crippen molar-refractivity contribution in [3.8, 4) is 0 Å². The molecule has 2 unspecified atom stereocenters. The fourth-order valence-electron chi connectivity index (χ4n) is 4.27. The van der Waals surface area contributed by atoms with Gasteiger partial charge in [-0.3, -0.25) is 4.79 Å². The van der Waals surface area contributed by atoms with Crippen LogP contribution in [0, 0.1) is 11.8 Å². The normalized spacial score (nSPS) is 24.5. The SMILES string of the molecule is O=C(C1CS(=O)(=O)CC1C(F)(F)F)N1CC=C(c2cccc3ccccc23)CC1. The summed E-state index contributed by atoms with van der Waals surface area (Å²) in [5.74, 6) is -6.12. The van der Waals surface area contributed by atoms with Crippen molar-refractivity contribution in [2.24, 2.45) is 11.8 Å². The Balaban J connectivity index is 1.56. The Morgan fingerprint density at radius 2 is 1.76 bits per heavy atom. The van der Waals surface area contributed by atoms with Gasteiger partial charge < -0.3 is 4.90 Å². The average Bonchev–Trinajstić information content (AvgIpc) is 3.03. The molecule has 4 rings (SSSR count). The second kappa shape index (κ2) is 7.16. The van der Waals surface area contributed by atoms with Crippen LogP contribution in [-0.4, -0.2) is 50.0 Å². The van der Waals surface area contributed by atoms with E-state index < -0.39 is 45.3 Å². The number of benzene rings is 2. The molecular weight excluding hydrogens is 403 g/mol. The van der Waals surface area contributed by atoms with Gasteiger partial charge in [0, 0.05) is 13.1 Å². The summed E-state index contributed by atoms with van der Waals surface area (Å²) < 4.78 is 63.3. The molecule has 154 valence electrons. The molecule has 29 heavy (non-hydrogen) atoms. The highest BCUT2D eigenvalue weighted by Gasteiger charge is 2.55. The van der Waals surface area contributed by atoms with Crippen LogP contribution in [-0.2, 0) is 14.6 Å². The summed E-state index contributed by atoms with van der Waals surface area (Å²) in [5, 5.41) is 2.17. The second-order valence-corrected chi connectivity index (χ2v) is 9.78. The van der Waals surface area contributed by atoms with E-state index in [1.165, 1.54) is 4.90 Å². The van der Waals surface area contributed by atoms with E-state index in [4.69, 9.17) is 0 Å². The fraction of sp³-hybridized carbons (Fsp3) is 0.381. The first-order valence-electron chi connectivity index (χ1n) is 9.39. The van der Waals surface area contributed by atoms with Crippen LogP contribution in [0.3, 0.4) is 0 Å². The molecule has 1 fully saturated rings. The van der Waals surface area contributed by atoms with Crippen molar-refractivity contribution in [2.45, 2.75) is 12.6 Å². The molecule has 1 amide bonds. The molecule has 4 nitrogen and oxygen atoms in total. The number of carbonyl (C=O) groups excluding carboxylic acids is 1. The number of alkyl halides is 3. The standard InChI is InChI=1S/C21H20F3NO3S/c22-21(23,24)19-13-29(27,28)12-18(19)20(26)25-10-8-15(9-11-25)17-7-3-5-14-4-1-2-6-16(14)17/h1-8,18-19H,9-13H2. The molecule has 0 spiro atoms. The van der Waals surface area contributed by atoms with Gasteiger partial charge in [-0.2, -0.15) is 13.2 Å². The maximum atomic E-state index is 13.3. The number of carbonyl (C=O) groups is 1. The summed E-state index contributed by atoms with van der Waals surface area (Å²) in [4.78, 5) is 14.1. The Kier molecular flexibility index (Phi) is 4.93. The lowest BCUT2D eigenvalue weighted by Gasteiger charge is -2.31. The van der Waals surface area contributed by atoms with Crippen molar-refractivity contribution in [1.82, 2.24) is 4.90 Å². The maximum absolute atomic E-state index is 13.3. The first kappa shape index (κ1) is 19.9. The predicted molar refractivity (Wildman–Crippen MR) is 105 cm³/mol. The Bertz CT molecular complexity index is 1090. The number of nitrogens with zero attached hydrogens (tertiary/aromatic N) is 1. The van der Waals surface area contributed by atoms with E-state index in [9.17, 15) is 26.4 Å². The molecule has 0 radical (unpaired) electrons. The maximum Gasteiger partial charge on any atom is 0.393 e. The smallest absolute Gasteiger partial charge is 0.338 e. The van der Waals surface area contributed by atoms with Crippen LogP contribution in [0.2, 0.25) is 0 Å². The zero-order valence-corrected chi connectivity index (χ0v) is 16.3. The van der Waals surface area contributed by atoms with Crippen molar-refractivity contribution in [3.05, 3.63) is 54.1 Å². The minimum absolute atomic E-state index is 0.179. The number of halogens is 3. The lowest BCUT2D eigenvalue weighted by atomic mass is 9.91. The van der Waals surface area contributed by atoms with Crippen LogP contribution in [0.5, 0.6) is 0 Å². The Morgan fingerprint density at radius 3 is 2.45 bits per heavy atom. The summed E-state index contributed by atoms with van der Waals surface area (Å²) in [6, 6.07) is 13.9. The number of fused-ring (bicyclic) bond motifs is 1. The van der Waals surface area contributed by atoms with E-state index in [2.05, 4.69) is 0 Å². The number of amides is 1. The summed E-state index contributed by atoms with van der Waals surface area (Å²) in [6.45, 7) is 0.452. The van der Waals surface area contributed by atoms with Crippen molar-refractivity contribution < 1.29 is 26.4 Å². The fourth-order valence-corrected chi connectivity index (χ4v) is 6.29. The number of rotatable bonds is 2. The largest absolute Gasteiger partial charge is 0.393 e. The molecule has 2 aliphatic heterocycles. The molecule has 1 saturated heterocycles. The van der Waals surface area contributed by atoms with E-state index in [0.717, 1.165) is 21.9 Å². The highest BCUT2D eigenvalue weighted by molar-refractivity contribution is 7.91. The summed E-state index contributed by atoms with van der Waals surface area (Å²) in [6.07, 6.45) is -2.34. The lowest BCUT2D eigenvalue weighted by molar-refractivity contribution is -0.184. The number of hydrogen-bond donors (Lipinski definition) is 0. The quantitative estimate of drug-likeness (QED) is 0.741. The predicted octanol–water partition coefficient (Wildman–Crippen LogP) is 3.68. The van der Waals surface area contributed by atoms with Crippen molar-refractivity contribution >= 4 is 32.1 Å². The highest BCUT2D eigenvalue weighted by atomic mass is 32.2. The monoisotopic (exact) mass is 423 g/mol. The van der Waals surface area contributed by atoms with E-state index in [-0.39, 0.29) is 13.1 Å². The molecular formula is C21H20F3NO3S. The molecule has 2 atom stereocenters. The van der Waals surface area contributed by atoms with Gasteiger partial charge in [-0.15, -0.1) is 0 Å². The Morgan fingerprint density at radius 1 is 1.03 bits per heavy atom. The topological polar surface area (TPSA) is 54.5 Å². The van der Waals surface area contributed by atoms with Crippen LogP contribution >= 0.6 is 0 Å². The Hall–Kier alpha value is -2.35. The molecule has 0 aliphatic carbocycles. The third kappa shape index (κ3) is 3.90. The van der Waals surface area contributed by atoms with E-state index in [0.29, 0.717) is 6.42 Å². The summed E-state index contributed by atoms with van der Waals surface area (Å²) in [5.41, 5.74) is 2.09. The zero-order valence-electron chi connectivity index (χ0n) is 15.5. The van der Waals surface area contributed by atoms with Crippen LogP contribution in [0.1, 0.15) is 12.0 Å². The van der Waals surface area contributed by atoms with E-state index >= 15 is 0 Å². The third-order valence-corrected chi connectivity index (χ3v) is 7.48. The van der Waals surface area contributed by atoms with Gasteiger partial charge >= 0.3 is 6.18 Å². The molecule has 0 N–H and O–H groups in total. The minimum atomic E-state index is -4.70. The van der Waals surface area contributed by atoms with Gasteiger partial charge in [-0.25, -0.2) is 8.42 Å². The minimum Gasteiger partial charge on any atom is -0.338 e. The number of hydrogen-bond acceptors (Lipinski definition) is 3. The lowest BCUT2D eigenvalue weighted by Crippen LogP contribution is -2.44. The van der Waals surface area contributed by atoms with Gasteiger partial charge in [-0.05, 0) is 28.3 Å². The van der Waals surface area contributed by atoms with Gasteiger partial charge in [0.25, 0.3) is 0 Å². The van der Waals surface area contributed by atoms with Crippen LogP contribution in [0.15, 0.2) is 48.5 Å². The molecule has 2 aromatic carbocycles. The Labute approximate surface area is 166 Å². The second-order valence-electron chi connectivity index (χ2n) is 7.62. The highest BCUT2D eigenvalue weighted by Crippen LogP contribution is 2.40. The molecule has 2 heterocycles. The van der Waals surface area contributed by atoms with Crippen LogP contribution in [0.25, 0.3) is 16.3 Å². The molecule has 0 saturated carbocycles. The molecule has 2 aliphatic rings. The molecule has 8 heteroatoms.